The lowest BCUT2D eigenvalue weighted by Crippen LogP contribution is -2.42. The van der Waals surface area contributed by atoms with E-state index in [1.54, 1.807) is 24.3 Å². The molecule has 0 aliphatic rings. The van der Waals surface area contributed by atoms with Crippen LogP contribution in [0.5, 0.6) is 5.75 Å². The van der Waals surface area contributed by atoms with Crippen LogP contribution in [-0.4, -0.2) is 37.7 Å². The van der Waals surface area contributed by atoms with E-state index < -0.39 is 24.5 Å². The first kappa shape index (κ1) is 21.5. The Morgan fingerprint density at radius 1 is 1.00 bits per heavy atom. The molecule has 144 valence electrons. The standard InChI is InChI=1S/C19H28N2O5/c1-13(2)9-10-25-16-7-5-15(6-8-16)18(23)26-12-17(22)21-19(24)20-11-14(3)4/h5-8,13-14H,9-12H2,1-4H3,(H2,20,21,22,24). The highest BCUT2D eigenvalue weighted by Gasteiger charge is 2.12. The minimum absolute atomic E-state index is 0.269. The Kier molecular flexibility index (Phi) is 9.19. The molecule has 0 unspecified atom stereocenters. The molecule has 7 nitrogen and oxygen atoms in total. The maximum absolute atomic E-state index is 11.9. The van der Waals surface area contributed by atoms with Crippen LogP contribution in [0.25, 0.3) is 0 Å². The lowest BCUT2D eigenvalue weighted by molar-refractivity contribution is -0.123. The molecule has 3 amide bonds. The van der Waals surface area contributed by atoms with E-state index in [0.717, 1.165) is 6.42 Å². The Hall–Kier alpha value is -2.57. The number of rotatable bonds is 9. The van der Waals surface area contributed by atoms with E-state index >= 15 is 0 Å². The molecule has 0 spiro atoms. The molecule has 1 aromatic rings. The summed E-state index contributed by atoms with van der Waals surface area (Å²) in [6.45, 7) is 8.64. The Morgan fingerprint density at radius 3 is 2.23 bits per heavy atom. The summed E-state index contributed by atoms with van der Waals surface area (Å²) in [7, 11) is 0. The molecule has 0 aromatic heterocycles. The molecule has 26 heavy (non-hydrogen) atoms. The highest BCUT2D eigenvalue weighted by molar-refractivity contribution is 5.97. The third kappa shape index (κ3) is 9.05. The van der Waals surface area contributed by atoms with Gasteiger partial charge in [-0.3, -0.25) is 10.1 Å². The maximum atomic E-state index is 11.9. The summed E-state index contributed by atoms with van der Waals surface area (Å²) in [5, 5.41) is 4.63. The van der Waals surface area contributed by atoms with Crippen molar-refractivity contribution in [3.63, 3.8) is 0 Å². The summed E-state index contributed by atoms with van der Waals surface area (Å²) in [6, 6.07) is 5.88. The van der Waals surface area contributed by atoms with E-state index in [1.165, 1.54) is 0 Å². The van der Waals surface area contributed by atoms with Crippen molar-refractivity contribution < 1.29 is 23.9 Å². The van der Waals surface area contributed by atoms with Crippen molar-refractivity contribution in [1.82, 2.24) is 10.6 Å². The largest absolute Gasteiger partial charge is 0.494 e. The first-order chi connectivity index (χ1) is 12.3. The predicted octanol–water partition coefficient (Wildman–Crippen LogP) is 2.75. The molecule has 1 rings (SSSR count). The molecule has 2 N–H and O–H groups in total. The number of carbonyl (C=O) groups excluding carboxylic acids is 3. The number of amides is 3. The summed E-state index contributed by atoms with van der Waals surface area (Å²) in [5.74, 6) is 0.167. The van der Waals surface area contributed by atoms with E-state index in [-0.39, 0.29) is 5.92 Å². The molecule has 7 heteroatoms. The number of ether oxygens (including phenoxy) is 2. The zero-order valence-corrected chi connectivity index (χ0v) is 15.8. The van der Waals surface area contributed by atoms with E-state index in [2.05, 4.69) is 24.5 Å². The van der Waals surface area contributed by atoms with Crippen molar-refractivity contribution in [2.45, 2.75) is 34.1 Å². The molecular weight excluding hydrogens is 336 g/mol. The van der Waals surface area contributed by atoms with E-state index in [1.807, 2.05) is 13.8 Å². The number of benzene rings is 1. The van der Waals surface area contributed by atoms with Gasteiger partial charge in [-0.15, -0.1) is 0 Å². The SMILES string of the molecule is CC(C)CCOc1ccc(C(=O)OCC(=O)NC(=O)NCC(C)C)cc1. The quantitative estimate of drug-likeness (QED) is 0.657. The van der Waals surface area contributed by atoms with Crippen LogP contribution in [-0.2, 0) is 9.53 Å². The second kappa shape index (κ2) is 11.1. The summed E-state index contributed by atoms with van der Waals surface area (Å²) in [6.07, 6.45) is 0.948. The maximum Gasteiger partial charge on any atom is 0.338 e. The second-order valence-corrected chi connectivity index (χ2v) is 6.78. The van der Waals surface area contributed by atoms with Crippen molar-refractivity contribution in [2.75, 3.05) is 19.8 Å². The fraction of sp³-hybridized carbons (Fsp3) is 0.526. The van der Waals surface area contributed by atoms with Crippen molar-refractivity contribution in [3.05, 3.63) is 29.8 Å². The van der Waals surface area contributed by atoms with Crippen molar-refractivity contribution in [2.24, 2.45) is 11.8 Å². The summed E-state index contributed by atoms with van der Waals surface area (Å²) < 4.78 is 10.5. The van der Waals surface area contributed by atoms with Crippen LogP contribution in [0.2, 0.25) is 0 Å². The van der Waals surface area contributed by atoms with Crippen molar-refractivity contribution in [1.29, 1.82) is 0 Å². The first-order valence-electron chi connectivity index (χ1n) is 8.75. The third-order valence-electron chi connectivity index (χ3n) is 3.31. The van der Waals surface area contributed by atoms with Gasteiger partial charge in [-0.1, -0.05) is 27.7 Å². The number of imide groups is 1. The number of carbonyl (C=O) groups is 3. The van der Waals surface area contributed by atoms with Crippen LogP contribution in [0.1, 0.15) is 44.5 Å². The minimum atomic E-state index is -0.687. The first-order valence-corrected chi connectivity index (χ1v) is 8.75. The van der Waals surface area contributed by atoms with Gasteiger partial charge in [-0.05, 0) is 42.5 Å². The summed E-state index contributed by atoms with van der Waals surface area (Å²) in [5.41, 5.74) is 0.304. The Labute approximate surface area is 154 Å². The third-order valence-corrected chi connectivity index (χ3v) is 3.31. The van der Waals surface area contributed by atoms with Crippen LogP contribution in [0, 0.1) is 11.8 Å². The monoisotopic (exact) mass is 364 g/mol. The number of nitrogens with one attached hydrogen (secondary N) is 2. The molecule has 0 saturated carbocycles. The van der Waals surface area contributed by atoms with Gasteiger partial charge in [0.15, 0.2) is 6.61 Å². The number of hydrogen-bond donors (Lipinski definition) is 2. The van der Waals surface area contributed by atoms with E-state index in [4.69, 9.17) is 9.47 Å². The molecule has 0 aliphatic carbocycles. The van der Waals surface area contributed by atoms with Crippen LogP contribution in [0.4, 0.5) is 4.79 Å². The molecule has 0 saturated heterocycles. The molecule has 1 aromatic carbocycles. The topological polar surface area (TPSA) is 93.7 Å². The average Bonchev–Trinajstić information content (AvgIpc) is 2.58. The van der Waals surface area contributed by atoms with Crippen molar-refractivity contribution >= 4 is 17.9 Å². The molecule has 0 bridgehead atoms. The van der Waals surface area contributed by atoms with Gasteiger partial charge in [-0.25, -0.2) is 9.59 Å². The van der Waals surface area contributed by atoms with Crippen LogP contribution >= 0.6 is 0 Å². The fourth-order valence-electron chi connectivity index (χ4n) is 1.82. The Bertz CT molecular complexity index is 596. The van der Waals surface area contributed by atoms with Gasteiger partial charge in [0.1, 0.15) is 5.75 Å². The van der Waals surface area contributed by atoms with Gasteiger partial charge in [-0.2, -0.15) is 0 Å². The van der Waals surface area contributed by atoms with Crippen LogP contribution < -0.4 is 15.4 Å². The molecule has 0 heterocycles. The molecule has 0 atom stereocenters. The smallest absolute Gasteiger partial charge is 0.338 e. The van der Waals surface area contributed by atoms with Gasteiger partial charge >= 0.3 is 12.0 Å². The number of urea groups is 1. The number of hydrogen-bond acceptors (Lipinski definition) is 5. The summed E-state index contributed by atoms with van der Waals surface area (Å²) in [4.78, 5) is 35.0. The van der Waals surface area contributed by atoms with Gasteiger partial charge in [0, 0.05) is 6.54 Å². The lowest BCUT2D eigenvalue weighted by atomic mass is 10.1. The fourth-order valence-corrected chi connectivity index (χ4v) is 1.82. The lowest BCUT2D eigenvalue weighted by Gasteiger charge is -2.10. The molecular formula is C19H28N2O5. The zero-order valence-electron chi connectivity index (χ0n) is 15.8. The molecule has 0 fully saturated rings. The normalized spacial score (nSPS) is 10.5. The van der Waals surface area contributed by atoms with E-state index in [0.29, 0.717) is 30.4 Å². The highest BCUT2D eigenvalue weighted by Crippen LogP contribution is 2.14. The summed E-state index contributed by atoms with van der Waals surface area (Å²) >= 11 is 0. The molecule has 0 aliphatic heterocycles. The highest BCUT2D eigenvalue weighted by atomic mass is 16.5. The van der Waals surface area contributed by atoms with Gasteiger partial charge in [0.2, 0.25) is 0 Å². The Balaban J connectivity index is 2.36. The van der Waals surface area contributed by atoms with Crippen molar-refractivity contribution in [3.8, 4) is 5.75 Å². The number of esters is 1. The van der Waals surface area contributed by atoms with Gasteiger partial charge in [0.25, 0.3) is 5.91 Å². The minimum Gasteiger partial charge on any atom is -0.494 e. The Morgan fingerprint density at radius 2 is 1.65 bits per heavy atom. The van der Waals surface area contributed by atoms with Crippen LogP contribution in [0.15, 0.2) is 24.3 Å². The molecule has 0 radical (unpaired) electrons. The second-order valence-electron chi connectivity index (χ2n) is 6.78. The van der Waals surface area contributed by atoms with Gasteiger partial charge in [0.05, 0.1) is 12.2 Å². The average molecular weight is 364 g/mol. The zero-order chi connectivity index (χ0) is 19.5. The van der Waals surface area contributed by atoms with Gasteiger partial charge < -0.3 is 14.8 Å². The predicted molar refractivity (Wildman–Crippen MR) is 98.1 cm³/mol. The van der Waals surface area contributed by atoms with Crippen LogP contribution in [0.3, 0.4) is 0 Å². The van der Waals surface area contributed by atoms with E-state index in [9.17, 15) is 14.4 Å².